The number of ether oxygens (including phenoxy) is 3. The summed E-state index contributed by atoms with van der Waals surface area (Å²) in [7, 11) is 5.27. The number of pyridine rings is 1. The van der Waals surface area contributed by atoms with Gasteiger partial charge >= 0.3 is 5.97 Å². The van der Waals surface area contributed by atoms with Gasteiger partial charge in [0, 0.05) is 36.5 Å². The Balaban J connectivity index is 0.00000289. The minimum absolute atomic E-state index is 0. The number of cyclic esters (lactones) is 1. The van der Waals surface area contributed by atoms with E-state index in [1.807, 2.05) is 36.5 Å². The highest BCUT2D eigenvalue weighted by Gasteiger charge is 2.28. The van der Waals surface area contributed by atoms with Gasteiger partial charge in [0.05, 0.1) is 19.8 Å². The predicted octanol–water partition coefficient (Wildman–Crippen LogP) is 5.49. The zero-order valence-electron chi connectivity index (χ0n) is 19.1. The fraction of sp³-hybridized carbons (Fsp3) is 0.360. The molecule has 0 saturated carbocycles. The molecule has 0 amide bonds. The monoisotopic (exact) mass is 456 g/mol. The van der Waals surface area contributed by atoms with Crippen molar-refractivity contribution in [2.45, 2.75) is 26.9 Å². The third-order valence-electron chi connectivity index (χ3n) is 6.00. The number of esters is 1. The molecule has 7 heteroatoms. The highest BCUT2D eigenvalue weighted by atomic mass is 35.5. The van der Waals surface area contributed by atoms with E-state index in [4.69, 9.17) is 19.2 Å². The average Bonchev–Trinajstić information content (AvgIpc) is 3.16. The van der Waals surface area contributed by atoms with E-state index in [0.29, 0.717) is 23.0 Å². The summed E-state index contributed by atoms with van der Waals surface area (Å²) in [6, 6.07) is 9.86. The number of carbonyl (C=O) groups excluding carboxylic acids is 1. The lowest BCUT2D eigenvalue weighted by Gasteiger charge is -2.22. The van der Waals surface area contributed by atoms with Crippen molar-refractivity contribution in [2.24, 2.45) is 5.92 Å². The van der Waals surface area contributed by atoms with Gasteiger partial charge in [-0.2, -0.15) is 0 Å². The molecule has 2 heterocycles. The van der Waals surface area contributed by atoms with Gasteiger partial charge in [0.1, 0.15) is 12.4 Å². The zero-order chi connectivity index (χ0) is 22.1. The zero-order valence-corrected chi connectivity index (χ0v) is 19.9. The summed E-state index contributed by atoms with van der Waals surface area (Å²) in [4.78, 5) is 19.5. The van der Waals surface area contributed by atoms with Crippen molar-refractivity contribution in [2.75, 3.05) is 32.7 Å². The molecule has 1 aromatic heterocycles. The number of hydrogen-bond acceptors (Lipinski definition) is 6. The summed E-state index contributed by atoms with van der Waals surface area (Å²) in [5.74, 6) is 2.44. The van der Waals surface area contributed by atoms with Crippen LogP contribution in [0.5, 0.6) is 11.5 Å². The molecule has 0 saturated heterocycles. The molecule has 1 atom stereocenters. The summed E-state index contributed by atoms with van der Waals surface area (Å²) in [5.41, 5.74) is 3.16. The standard InChI is InChI=1S/C25H28N2O4.ClH/c1-6-15(2)13-27(3)22-8-7-16(12-26-22)23-19-11-21(30-5)20(29-4)10-17(19)9-18-14-31-25(28)24(18)23;/h7-12,15H,6,13-14H2,1-5H3;1H. The Morgan fingerprint density at radius 1 is 1.12 bits per heavy atom. The molecule has 170 valence electrons. The first-order chi connectivity index (χ1) is 15.0. The van der Waals surface area contributed by atoms with Crippen LogP contribution in [0.3, 0.4) is 0 Å². The van der Waals surface area contributed by atoms with Crippen molar-refractivity contribution < 1.29 is 19.0 Å². The SMILES string of the molecule is CCC(C)CN(C)c1ccc(-c2c3c(cc4cc(OC)c(OC)cc24)COC3=O)cn1.Cl. The Kier molecular flexibility index (Phi) is 7.14. The van der Waals surface area contributed by atoms with E-state index in [1.165, 1.54) is 0 Å². The van der Waals surface area contributed by atoms with E-state index in [0.717, 1.165) is 46.2 Å². The van der Waals surface area contributed by atoms with Gasteiger partial charge in [-0.15, -0.1) is 12.4 Å². The molecular weight excluding hydrogens is 428 g/mol. The van der Waals surface area contributed by atoms with Crippen molar-refractivity contribution in [3.63, 3.8) is 0 Å². The minimum atomic E-state index is -0.306. The normalized spacial score (nSPS) is 13.2. The number of carbonyl (C=O) groups is 1. The maximum Gasteiger partial charge on any atom is 0.339 e. The molecular formula is C25H29ClN2O4. The molecule has 1 aliphatic rings. The fourth-order valence-electron chi connectivity index (χ4n) is 4.10. The third-order valence-corrected chi connectivity index (χ3v) is 6.00. The number of aromatic nitrogens is 1. The Labute approximate surface area is 194 Å². The van der Waals surface area contributed by atoms with Crippen molar-refractivity contribution in [1.82, 2.24) is 4.98 Å². The molecule has 0 fully saturated rings. The van der Waals surface area contributed by atoms with Crippen LogP contribution in [-0.2, 0) is 11.3 Å². The first-order valence-electron chi connectivity index (χ1n) is 10.5. The summed E-state index contributed by atoms with van der Waals surface area (Å²) in [5, 5.41) is 1.86. The van der Waals surface area contributed by atoms with E-state index in [1.54, 1.807) is 14.2 Å². The molecule has 6 nitrogen and oxygen atoms in total. The Bertz CT molecular complexity index is 1130. The molecule has 2 aromatic carbocycles. The van der Waals surface area contributed by atoms with Crippen LogP contribution in [0.2, 0.25) is 0 Å². The van der Waals surface area contributed by atoms with Gasteiger partial charge in [0.25, 0.3) is 0 Å². The van der Waals surface area contributed by atoms with E-state index >= 15 is 0 Å². The van der Waals surface area contributed by atoms with Gasteiger partial charge in [0.2, 0.25) is 0 Å². The van der Waals surface area contributed by atoms with Crippen molar-refractivity contribution in [3.05, 3.63) is 47.7 Å². The number of hydrogen-bond donors (Lipinski definition) is 0. The largest absolute Gasteiger partial charge is 0.493 e. The van der Waals surface area contributed by atoms with Crippen LogP contribution < -0.4 is 14.4 Å². The number of rotatable bonds is 7. The summed E-state index contributed by atoms with van der Waals surface area (Å²) >= 11 is 0. The number of anilines is 1. The van der Waals surface area contributed by atoms with E-state index < -0.39 is 0 Å². The first kappa shape index (κ1) is 23.7. The molecule has 32 heavy (non-hydrogen) atoms. The fourth-order valence-corrected chi connectivity index (χ4v) is 4.10. The van der Waals surface area contributed by atoms with Gasteiger partial charge in [-0.05, 0) is 47.0 Å². The van der Waals surface area contributed by atoms with Gasteiger partial charge in [-0.1, -0.05) is 20.3 Å². The highest BCUT2D eigenvalue weighted by molar-refractivity contribution is 6.11. The lowest BCUT2D eigenvalue weighted by atomic mass is 9.91. The smallest absolute Gasteiger partial charge is 0.339 e. The van der Waals surface area contributed by atoms with Crippen molar-refractivity contribution in [1.29, 1.82) is 0 Å². The van der Waals surface area contributed by atoms with Gasteiger partial charge in [-0.3, -0.25) is 0 Å². The number of methoxy groups -OCH3 is 2. The molecule has 0 spiro atoms. The van der Waals surface area contributed by atoms with E-state index in [2.05, 4.69) is 25.8 Å². The van der Waals surface area contributed by atoms with Gasteiger partial charge < -0.3 is 19.1 Å². The second-order valence-corrected chi connectivity index (χ2v) is 8.09. The third kappa shape index (κ3) is 4.19. The van der Waals surface area contributed by atoms with Crippen molar-refractivity contribution in [3.8, 4) is 22.6 Å². The highest BCUT2D eigenvalue weighted by Crippen LogP contribution is 2.42. The second-order valence-electron chi connectivity index (χ2n) is 8.09. The Morgan fingerprint density at radius 3 is 2.47 bits per heavy atom. The molecule has 1 aliphatic heterocycles. The number of halogens is 1. The average molecular weight is 457 g/mol. The first-order valence-corrected chi connectivity index (χ1v) is 10.5. The van der Waals surface area contributed by atoms with Crippen LogP contribution in [0.1, 0.15) is 36.2 Å². The van der Waals surface area contributed by atoms with Crippen LogP contribution in [0.15, 0.2) is 36.5 Å². The summed E-state index contributed by atoms with van der Waals surface area (Å²) in [6.45, 7) is 5.64. The van der Waals surface area contributed by atoms with Gasteiger partial charge in [0.15, 0.2) is 11.5 Å². The Hall–Kier alpha value is -2.99. The molecule has 0 aliphatic carbocycles. The van der Waals surface area contributed by atoms with Gasteiger partial charge in [-0.25, -0.2) is 9.78 Å². The molecule has 4 rings (SSSR count). The topological polar surface area (TPSA) is 60.9 Å². The molecule has 0 bridgehead atoms. The maximum absolute atomic E-state index is 12.6. The van der Waals surface area contributed by atoms with Crippen LogP contribution in [-0.4, -0.2) is 38.8 Å². The van der Waals surface area contributed by atoms with Crippen molar-refractivity contribution >= 4 is 35.0 Å². The summed E-state index contributed by atoms with van der Waals surface area (Å²) < 4.78 is 16.3. The van der Waals surface area contributed by atoms with Crippen LogP contribution >= 0.6 is 12.4 Å². The van der Waals surface area contributed by atoms with E-state index in [-0.39, 0.29) is 25.0 Å². The van der Waals surface area contributed by atoms with Crippen LogP contribution in [0.4, 0.5) is 5.82 Å². The summed E-state index contributed by atoms with van der Waals surface area (Å²) in [6.07, 6.45) is 2.96. The second kappa shape index (κ2) is 9.65. The minimum Gasteiger partial charge on any atom is -0.493 e. The lowest BCUT2D eigenvalue weighted by molar-refractivity contribution is 0.0535. The molecule has 0 N–H and O–H groups in total. The van der Waals surface area contributed by atoms with Crippen LogP contribution in [0.25, 0.3) is 21.9 Å². The number of nitrogens with zero attached hydrogens (tertiary/aromatic N) is 2. The van der Waals surface area contributed by atoms with E-state index in [9.17, 15) is 4.79 Å². The number of benzene rings is 2. The predicted molar refractivity (Wildman–Crippen MR) is 129 cm³/mol. The quantitative estimate of drug-likeness (QED) is 0.438. The molecule has 3 aromatic rings. The Morgan fingerprint density at radius 2 is 1.84 bits per heavy atom. The number of fused-ring (bicyclic) bond motifs is 2. The van der Waals surface area contributed by atoms with Crippen LogP contribution in [0, 0.1) is 5.92 Å². The molecule has 1 unspecified atom stereocenters. The lowest BCUT2D eigenvalue weighted by Crippen LogP contribution is -2.24. The molecule has 0 radical (unpaired) electrons. The maximum atomic E-state index is 12.6.